The number of hydrogen-bond donors (Lipinski definition) is 2. The molecule has 0 atom stereocenters. The number of primary amides is 1. The molecule has 0 fully saturated rings. The van der Waals surface area contributed by atoms with E-state index in [0.717, 1.165) is 25.2 Å². The number of hydrogen-bond acceptors (Lipinski definition) is 14. The molecule has 0 radical (unpaired) electrons. The average molecular weight is 1360 g/mol. The molecule has 25 heteroatoms. The molecule has 5 rings (SSSR count). The van der Waals surface area contributed by atoms with Crippen molar-refractivity contribution in [1.29, 1.82) is 0 Å². The van der Waals surface area contributed by atoms with Gasteiger partial charge in [-0.15, -0.1) is 29.5 Å². The number of aromatic nitrogens is 5. The van der Waals surface area contributed by atoms with Crippen molar-refractivity contribution in [1.82, 2.24) is 24.9 Å². The summed E-state index contributed by atoms with van der Waals surface area (Å²) in [5.74, 6) is 16.6. The van der Waals surface area contributed by atoms with Gasteiger partial charge < -0.3 is 64.5 Å². The Hall–Kier alpha value is -3.07. The monoisotopic (exact) mass is 1360 g/mol. The molecule has 0 saturated heterocycles. The number of carbonyl (C=O) groups excluding carboxylic acids is 2. The number of anilines is 1. The van der Waals surface area contributed by atoms with E-state index in [2.05, 4.69) is 173 Å². The maximum atomic E-state index is 10.3. The van der Waals surface area contributed by atoms with E-state index in [9.17, 15) is 9.59 Å². The molecule has 5 heterocycles. The van der Waals surface area contributed by atoms with Crippen molar-refractivity contribution in [2.75, 3.05) is 5.73 Å². The summed E-state index contributed by atoms with van der Waals surface area (Å²) in [4.78, 5) is 39.1. The summed E-state index contributed by atoms with van der Waals surface area (Å²) in [5.41, 5.74) is 19.7. The fourth-order valence-electron chi connectivity index (χ4n) is 3.07. The molecule has 0 aliphatic carbocycles. The Balaban J connectivity index is -0.000000184. The molecule has 5 aromatic heterocycles. The number of oxazole rings is 5. The molecule has 0 spiro atoms. The number of amides is 1. The van der Waals surface area contributed by atoms with Crippen LogP contribution in [0.1, 0.15) is 84.9 Å². The zero-order valence-corrected chi connectivity index (χ0v) is 60.0. The van der Waals surface area contributed by atoms with Crippen LogP contribution in [0.2, 0.25) is 98.2 Å². The topological polar surface area (TPSA) is 229 Å². The van der Waals surface area contributed by atoms with Crippen LogP contribution >= 0.6 is 33.7 Å². The van der Waals surface area contributed by atoms with Gasteiger partial charge in [-0.2, -0.15) is 17.5 Å². The van der Waals surface area contributed by atoms with Gasteiger partial charge in [-0.25, -0.2) is 34.4 Å². The first-order valence-electron chi connectivity index (χ1n) is 22.6. The van der Waals surface area contributed by atoms with Crippen molar-refractivity contribution in [2.24, 2.45) is 10.4 Å². The van der Waals surface area contributed by atoms with Crippen molar-refractivity contribution in [3.63, 3.8) is 0 Å². The van der Waals surface area contributed by atoms with Crippen LogP contribution in [0.4, 0.5) is 6.01 Å². The van der Waals surface area contributed by atoms with Crippen LogP contribution in [0.3, 0.4) is 0 Å². The van der Waals surface area contributed by atoms with E-state index in [0.29, 0.717) is 32.8 Å². The number of terminal acetylenes is 2. The van der Waals surface area contributed by atoms with Gasteiger partial charge in [0.05, 0.1) is 31.0 Å². The first-order chi connectivity index (χ1) is 33.0. The first-order valence-corrected chi connectivity index (χ1v) is 42.1. The summed E-state index contributed by atoms with van der Waals surface area (Å²) < 4.78 is 29.5. The van der Waals surface area contributed by atoms with Crippen LogP contribution < -0.4 is 83.9 Å². The number of halogens is 3. The predicted molar refractivity (Wildman–Crippen MR) is 314 cm³/mol. The van der Waals surface area contributed by atoms with Crippen LogP contribution in [0.5, 0.6) is 0 Å². The van der Waals surface area contributed by atoms with E-state index >= 15 is 0 Å². The minimum absolute atomic E-state index is 0. The second kappa shape index (κ2) is 43.9. The molecular formula is C50H75ClI2LiN8NaO7Si5. The van der Waals surface area contributed by atoms with Gasteiger partial charge in [-0.1, -0.05) is 106 Å². The maximum Gasteiger partial charge on any atom is 1.00 e. The number of carbonyl (C=O) groups is 1. The Bertz CT molecular complexity index is 2600. The third-order valence-corrected chi connectivity index (χ3v) is 10.0. The Labute approximate surface area is 523 Å². The summed E-state index contributed by atoms with van der Waals surface area (Å²) in [6.45, 7) is 41.6. The maximum absolute atomic E-state index is 10.3. The zero-order chi connectivity index (χ0) is 56.4. The van der Waals surface area contributed by atoms with Crippen molar-refractivity contribution in [2.45, 2.75) is 145 Å². The number of nitrogen functional groups attached to an aromatic ring is 1. The summed E-state index contributed by atoms with van der Waals surface area (Å²) in [5, 5.41) is 0. The molecule has 0 aliphatic rings. The second-order valence-corrected chi connectivity index (χ2v) is 46.7. The van der Waals surface area contributed by atoms with Gasteiger partial charge in [0, 0.05) is 35.4 Å². The Morgan fingerprint density at radius 2 is 0.987 bits per heavy atom. The van der Waals surface area contributed by atoms with Gasteiger partial charge in [-0.3, -0.25) is 4.79 Å². The SMILES string of the molecule is C#Cc1cnc(C(N)=O)o1.C#Cc1cnc(CC)o1.CCc1ncc(C#C[Si](C)(C)C)o1.C[Si](C)(C)C#Cc1cnc(I)o1.C[Si](C)(C)C#Cc1cnc(N)o1.C[Si](C)(C)Cl.C[Si](C)(C)N=C=O.[CH2-]CCC.[I-].[Li+].[Na+]. The van der Waals surface area contributed by atoms with Crippen LogP contribution in [-0.2, 0) is 17.6 Å². The summed E-state index contributed by atoms with van der Waals surface area (Å²) in [6, 6.07) is 0.176. The molecule has 0 saturated carbocycles. The van der Waals surface area contributed by atoms with Gasteiger partial charge >= 0.3 is 54.3 Å². The smallest absolute Gasteiger partial charge is 1.00 e. The molecule has 0 aromatic carbocycles. The number of aryl methyl sites for hydroxylation is 2. The summed E-state index contributed by atoms with van der Waals surface area (Å²) in [6.07, 6.45) is 23.1. The average Bonchev–Trinajstić information content (AvgIpc) is 4.12. The van der Waals surface area contributed by atoms with Crippen molar-refractivity contribution in [3.8, 4) is 59.1 Å². The van der Waals surface area contributed by atoms with E-state index < -0.39 is 45.7 Å². The number of nitrogens with two attached hydrogens (primary N) is 2. The normalized spacial score (nSPS) is 9.64. The molecule has 0 unspecified atom stereocenters. The third kappa shape index (κ3) is 56.9. The molecule has 4 N–H and O–H groups in total. The number of unbranched alkanes of at least 4 members (excludes halogenated alkanes) is 1. The Morgan fingerprint density at radius 3 is 1.21 bits per heavy atom. The summed E-state index contributed by atoms with van der Waals surface area (Å²) >= 11 is 7.70. The molecule has 1 amide bonds. The van der Waals surface area contributed by atoms with E-state index in [1.807, 2.05) is 56.1 Å². The van der Waals surface area contributed by atoms with E-state index in [-0.39, 0.29) is 90.1 Å². The van der Waals surface area contributed by atoms with E-state index in [1.54, 1.807) is 30.9 Å². The largest absolute Gasteiger partial charge is 1.00 e. The van der Waals surface area contributed by atoms with Crippen LogP contribution in [-0.4, -0.2) is 76.7 Å². The number of rotatable bonds is 5. The van der Waals surface area contributed by atoms with Gasteiger partial charge in [-0.05, 0) is 49.2 Å². The Kier molecular flexibility index (Phi) is 48.7. The molecule has 0 aliphatic heterocycles. The van der Waals surface area contributed by atoms with Gasteiger partial charge in [0.15, 0.2) is 48.8 Å². The molecule has 75 heavy (non-hydrogen) atoms. The minimum atomic E-state index is -1.46. The van der Waals surface area contributed by atoms with Crippen molar-refractivity contribution >= 4 is 91.5 Å². The zero-order valence-electron chi connectivity index (χ0n) is 47.9. The van der Waals surface area contributed by atoms with Gasteiger partial charge in [0.25, 0.3) is 15.8 Å². The minimum Gasteiger partial charge on any atom is -1.00 e. The van der Waals surface area contributed by atoms with E-state index in [1.165, 1.54) is 12.6 Å². The molecule has 5 aromatic rings. The fraction of sp³-hybridized carbons (Fsp3) is 0.440. The van der Waals surface area contributed by atoms with Gasteiger partial charge in [0.1, 0.15) is 31.6 Å². The molecule has 400 valence electrons. The number of nitrogens with zero attached hydrogens (tertiary/aromatic N) is 6. The quantitative estimate of drug-likeness (QED) is 0.0491. The first kappa shape index (κ1) is 83.3. The molecule has 15 nitrogen and oxygen atoms in total. The summed E-state index contributed by atoms with van der Waals surface area (Å²) in [7, 11) is -6.49. The standard InChI is InChI=1S/C10H15NOSi.C8H10INOSi.C8H12N2OSi.C7H7NO.C6H4N2O2.C4H9NOSi.C4H9.C3H9ClSi.HI.Li.Na/c1-5-10-11-8-9(12-10)6-7-13(2,3)4;2*1-12(2,3)5-4-7-6-10-8(9)11-7;1-3-6-5-8-7(4-2)9-6;1-2-4-3-8-6(10-4)5(7)9;1-7(2,3)5-4-6;1-3-4-2;1-5(2,3)4;;;/h8H,5H2,1-4H3;6H,1-3H3;6H,1-3H3,(H2,9,10);1,5H,4H2,2H3;1,3H,(H2,7,9);1-3H3;1,3-4H2,2H3;1-3H3;1H;;/q;;;;;;-1;;;2*+1/p-1. The van der Waals surface area contributed by atoms with Crippen LogP contribution in [0.15, 0.2) is 57.7 Å². The van der Waals surface area contributed by atoms with Crippen molar-refractivity contribution in [3.05, 3.63) is 88.3 Å². The second-order valence-electron chi connectivity index (χ2n) is 19.5. The van der Waals surface area contributed by atoms with Crippen LogP contribution in [0, 0.1) is 69.9 Å². The van der Waals surface area contributed by atoms with Crippen molar-refractivity contribution < 1.29 is 104 Å². The van der Waals surface area contributed by atoms with Crippen LogP contribution in [0.25, 0.3) is 0 Å². The van der Waals surface area contributed by atoms with E-state index in [4.69, 9.17) is 53.1 Å². The number of isocyanates is 1. The van der Waals surface area contributed by atoms with Gasteiger partial charge in [0.2, 0.25) is 6.08 Å². The third-order valence-electron chi connectivity index (χ3n) is 6.13. The predicted octanol–water partition coefficient (Wildman–Crippen LogP) is 3.28. The molecule has 0 bridgehead atoms. The Morgan fingerprint density at radius 1 is 0.653 bits per heavy atom. The molecular weight excluding hydrogens is 1280 g/mol. The fourth-order valence-corrected chi connectivity index (χ4v) is 5.21.